The number of aryl methyl sites for hydroxylation is 3. The second-order valence-electron chi connectivity index (χ2n) is 9.23. The number of nitrogens with zero attached hydrogens (tertiary/aromatic N) is 3. The summed E-state index contributed by atoms with van der Waals surface area (Å²) in [5, 5.41) is 12.1. The van der Waals surface area contributed by atoms with Gasteiger partial charge in [0.05, 0.1) is 25.2 Å². The van der Waals surface area contributed by atoms with Crippen molar-refractivity contribution in [2.24, 2.45) is 0 Å². The van der Waals surface area contributed by atoms with Gasteiger partial charge in [0, 0.05) is 19.3 Å². The van der Waals surface area contributed by atoms with Crippen molar-refractivity contribution in [1.82, 2.24) is 19.3 Å². The Bertz CT molecular complexity index is 1790. The lowest BCUT2D eigenvalue weighted by atomic mass is 10.1. The maximum Gasteiger partial charge on any atom is 0.267 e. The van der Waals surface area contributed by atoms with E-state index in [0.717, 1.165) is 28.2 Å². The van der Waals surface area contributed by atoms with Crippen LogP contribution in [0.2, 0.25) is 0 Å². The number of pyridine rings is 2. The molecular formula is C30H29N5O4. The molecule has 0 saturated heterocycles. The Balaban J connectivity index is 1.57. The summed E-state index contributed by atoms with van der Waals surface area (Å²) in [6, 6.07) is 20.2. The molecular weight excluding hydrogens is 494 g/mol. The third kappa shape index (κ3) is 5.11. The molecule has 39 heavy (non-hydrogen) atoms. The van der Waals surface area contributed by atoms with E-state index in [9.17, 15) is 9.59 Å². The van der Waals surface area contributed by atoms with Gasteiger partial charge < -0.3 is 19.4 Å². The van der Waals surface area contributed by atoms with Crippen LogP contribution in [-0.4, -0.2) is 34.1 Å². The van der Waals surface area contributed by atoms with Gasteiger partial charge >= 0.3 is 0 Å². The van der Waals surface area contributed by atoms with Crippen LogP contribution in [0.25, 0.3) is 16.7 Å². The average molecular weight is 524 g/mol. The highest BCUT2D eigenvalue weighted by Crippen LogP contribution is 2.16. The Labute approximate surface area is 224 Å². The summed E-state index contributed by atoms with van der Waals surface area (Å²) in [5.74, 6) is 1.04. The SMILES string of the molecule is COc1ccc(CCn2c(=N)c(C(=O)NCc3ccc(OC)cc3)cc3c(=O)n4cccc(C)c4nc32)cc1. The zero-order valence-electron chi connectivity index (χ0n) is 22.0. The van der Waals surface area contributed by atoms with Gasteiger partial charge in [0.1, 0.15) is 28.3 Å². The topological polar surface area (TPSA) is 111 Å². The highest BCUT2D eigenvalue weighted by atomic mass is 16.5. The van der Waals surface area contributed by atoms with Gasteiger partial charge in [-0.3, -0.25) is 19.4 Å². The number of hydrogen-bond acceptors (Lipinski definition) is 6. The Kier molecular flexibility index (Phi) is 7.14. The minimum Gasteiger partial charge on any atom is -0.497 e. The summed E-state index contributed by atoms with van der Waals surface area (Å²) in [7, 11) is 3.21. The predicted octanol–water partition coefficient (Wildman–Crippen LogP) is 3.63. The van der Waals surface area contributed by atoms with Gasteiger partial charge in [-0.1, -0.05) is 30.3 Å². The number of ether oxygens (including phenoxy) is 2. The van der Waals surface area contributed by atoms with E-state index in [2.05, 4.69) is 5.32 Å². The predicted molar refractivity (Wildman–Crippen MR) is 148 cm³/mol. The van der Waals surface area contributed by atoms with Crippen LogP contribution in [0.5, 0.6) is 11.5 Å². The van der Waals surface area contributed by atoms with Crippen molar-refractivity contribution in [2.45, 2.75) is 26.4 Å². The highest BCUT2D eigenvalue weighted by molar-refractivity contribution is 5.96. The second kappa shape index (κ2) is 10.8. The van der Waals surface area contributed by atoms with Crippen LogP contribution in [-0.2, 0) is 19.5 Å². The Morgan fingerprint density at radius 1 is 0.949 bits per heavy atom. The minimum absolute atomic E-state index is 0.00641. The second-order valence-corrected chi connectivity index (χ2v) is 9.23. The normalized spacial score (nSPS) is 11.1. The lowest BCUT2D eigenvalue weighted by molar-refractivity contribution is 0.0948. The molecule has 1 amide bonds. The first-order valence-corrected chi connectivity index (χ1v) is 12.5. The number of rotatable bonds is 8. The van der Waals surface area contributed by atoms with Crippen LogP contribution in [0.15, 0.2) is 77.7 Å². The van der Waals surface area contributed by atoms with Gasteiger partial charge in [-0.15, -0.1) is 0 Å². The van der Waals surface area contributed by atoms with Crippen molar-refractivity contribution in [2.75, 3.05) is 14.2 Å². The molecule has 0 saturated carbocycles. The van der Waals surface area contributed by atoms with Crippen LogP contribution in [0.3, 0.4) is 0 Å². The van der Waals surface area contributed by atoms with E-state index >= 15 is 0 Å². The fourth-order valence-electron chi connectivity index (χ4n) is 4.54. The van der Waals surface area contributed by atoms with Crippen LogP contribution in [0.4, 0.5) is 0 Å². The quantitative estimate of drug-likeness (QED) is 0.302. The fraction of sp³-hybridized carbons (Fsp3) is 0.200. The number of carbonyl (C=O) groups excluding carboxylic acids is 1. The molecule has 198 valence electrons. The molecule has 0 aliphatic rings. The molecule has 3 aromatic heterocycles. The van der Waals surface area contributed by atoms with Gasteiger partial charge in [0.25, 0.3) is 11.5 Å². The smallest absolute Gasteiger partial charge is 0.267 e. The summed E-state index contributed by atoms with van der Waals surface area (Å²) in [6.45, 7) is 2.51. The molecule has 5 rings (SSSR count). The van der Waals surface area contributed by atoms with Crippen molar-refractivity contribution in [3.63, 3.8) is 0 Å². The zero-order chi connectivity index (χ0) is 27.5. The number of methoxy groups -OCH3 is 2. The lowest BCUT2D eigenvalue weighted by Gasteiger charge is -2.15. The summed E-state index contributed by atoms with van der Waals surface area (Å²) < 4.78 is 13.6. The van der Waals surface area contributed by atoms with Gasteiger partial charge in [-0.25, -0.2) is 4.98 Å². The molecule has 0 fully saturated rings. The van der Waals surface area contributed by atoms with E-state index in [1.54, 1.807) is 31.0 Å². The Hall–Kier alpha value is -4.92. The molecule has 9 nitrogen and oxygen atoms in total. The van der Waals surface area contributed by atoms with E-state index < -0.39 is 5.91 Å². The molecule has 0 atom stereocenters. The molecule has 0 aliphatic carbocycles. The van der Waals surface area contributed by atoms with Crippen molar-refractivity contribution in [3.8, 4) is 11.5 Å². The van der Waals surface area contributed by atoms with Gasteiger partial charge in [0.2, 0.25) is 0 Å². The molecule has 0 spiro atoms. The summed E-state index contributed by atoms with van der Waals surface area (Å²) in [6.07, 6.45) is 2.23. The van der Waals surface area contributed by atoms with Crippen LogP contribution in [0.1, 0.15) is 27.0 Å². The highest BCUT2D eigenvalue weighted by Gasteiger charge is 2.18. The Morgan fingerprint density at radius 2 is 1.59 bits per heavy atom. The molecule has 9 heteroatoms. The maximum atomic E-state index is 13.6. The van der Waals surface area contributed by atoms with E-state index in [-0.39, 0.29) is 28.5 Å². The van der Waals surface area contributed by atoms with Gasteiger partial charge in [-0.2, -0.15) is 0 Å². The van der Waals surface area contributed by atoms with Crippen LogP contribution in [0, 0.1) is 12.3 Å². The van der Waals surface area contributed by atoms with Gasteiger partial charge in [-0.05, 0) is 66.4 Å². The third-order valence-corrected chi connectivity index (χ3v) is 6.77. The first kappa shape index (κ1) is 25.7. The van der Waals surface area contributed by atoms with E-state index in [1.165, 1.54) is 10.5 Å². The molecule has 0 unspecified atom stereocenters. The fourth-order valence-corrected chi connectivity index (χ4v) is 4.54. The number of aromatic nitrogens is 3. The number of fused-ring (bicyclic) bond motifs is 2. The first-order chi connectivity index (χ1) is 18.9. The third-order valence-electron chi connectivity index (χ3n) is 6.77. The van der Waals surface area contributed by atoms with Crippen LogP contribution >= 0.6 is 0 Å². The largest absolute Gasteiger partial charge is 0.497 e. The molecule has 2 aromatic carbocycles. The molecule has 0 aliphatic heterocycles. The van der Waals surface area contributed by atoms with Crippen molar-refractivity contribution in [1.29, 1.82) is 5.41 Å². The lowest BCUT2D eigenvalue weighted by Crippen LogP contribution is -2.35. The standard InChI is InChI=1S/C30H29N5O4/c1-19-5-4-15-35-27(19)33-28-25(30(35)37)17-24(29(36)32-18-21-8-12-23(39-3)13-9-21)26(31)34(28)16-14-20-6-10-22(38-2)11-7-20/h4-13,15,17,31H,14,16,18H2,1-3H3,(H,32,36). The number of hydrogen-bond donors (Lipinski definition) is 2. The van der Waals surface area contributed by atoms with Crippen molar-refractivity contribution in [3.05, 3.63) is 111 Å². The number of benzene rings is 2. The molecule has 0 bridgehead atoms. The number of carbonyl (C=O) groups is 1. The average Bonchev–Trinajstić information content (AvgIpc) is 2.96. The monoisotopic (exact) mass is 523 g/mol. The molecule has 2 N–H and O–H groups in total. The summed E-state index contributed by atoms with van der Waals surface area (Å²) in [5.41, 5.74) is 3.45. The van der Waals surface area contributed by atoms with Gasteiger partial charge in [0.15, 0.2) is 0 Å². The Morgan fingerprint density at radius 3 is 2.23 bits per heavy atom. The number of amides is 1. The zero-order valence-corrected chi connectivity index (χ0v) is 22.0. The van der Waals surface area contributed by atoms with E-state index in [4.69, 9.17) is 19.9 Å². The first-order valence-electron chi connectivity index (χ1n) is 12.5. The summed E-state index contributed by atoms with van der Waals surface area (Å²) in [4.78, 5) is 31.7. The summed E-state index contributed by atoms with van der Waals surface area (Å²) >= 11 is 0. The van der Waals surface area contributed by atoms with E-state index in [1.807, 2.05) is 61.5 Å². The van der Waals surface area contributed by atoms with Crippen molar-refractivity contribution < 1.29 is 14.3 Å². The molecule has 0 radical (unpaired) electrons. The minimum atomic E-state index is -0.440. The molecule has 5 aromatic rings. The number of nitrogens with one attached hydrogen (secondary N) is 2. The van der Waals surface area contributed by atoms with Crippen molar-refractivity contribution >= 4 is 22.6 Å². The van der Waals surface area contributed by atoms with E-state index in [0.29, 0.717) is 24.3 Å². The maximum absolute atomic E-state index is 13.6. The van der Waals surface area contributed by atoms with Crippen LogP contribution < -0.4 is 25.8 Å². The molecule has 3 heterocycles.